The topological polar surface area (TPSA) is 81.0 Å². The van der Waals surface area contributed by atoms with E-state index in [4.69, 9.17) is 10.5 Å². The van der Waals surface area contributed by atoms with Crippen LogP contribution in [0.5, 0.6) is 0 Å². The molecule has 1 aromatic heterocycles. The zero-order chi connectivity index (χ0) is 9.26. The van der Waals surface area contributed by atoms with Gasteiger partial charge in [0.05, 0.1) is 6.61 Å². The Labute approximate surface area is 74.9 Å². The van der Waals surface area contributed by atoms with Crippen molar-refractivity contribution in [3.05, 3.63) is 22.2 Å². The molecule has 0 aromatic carbocycles. The third kappa shape index (κ3) is 1.70. The van der Waals surface area contributed by atoms with Gasteiger partial charge in [-0.2, -0.15) is 0 Å². The van der Waals surface area contributed by atoms with Crippen molar-refractivity contribution in [1.82, 2.24) is 9.97 Å². The summed E-state index contributed by atoms with van der Waals surface area (Å²) >= 11 is 0. The molecule has 5 nitrogen and oxygen atoms in total. The van der Waals surface area contributed by atoms with Gasteiger partial charge in [-0.3, -0.25) is 4.79 Å². The standard InChI is InChI=1S/C8H11N3O2/c9-6-3-7(12)11-8(10-6)5-1-2-13-4-5/h3,5H,1-2,4H2,(H3,9,10,11,12). The SMILES string of the molecule is Nc1cc(=O)[nH]c(C2CCOC2)n1. The van der Waals surface area contributed by atoms with Gasteiger partial charge < -0.3 is 15.5 Å². The average Bonchev–Trinajstić information content (AvgIpc) is 2.53. The normalized spacial score (nSPS) is 22.0. The minimum atomic E-state index is -0.200. The maximum Gasteiger partial charge on any atom is 0.252 e. The largest absolute Gasteiger partial charge is 0.383 e. The van der Waals surface area contributed by atoms with Crippen LogP contribution in [-0.2, 0) is 4.74 Å². The number of hydrogen-bond donors (Lipinski definition) is 2. The van der Waals surface area contributed by atoms with E-state index >= 15 is 0 Å². The highest BCUT2D eigenvalue weighted by molar-refractivity contribution is 5.26. The minimum absolute atomic E-state index is 0.191. The number of anilines is 1. The van der Waals surface area contributed by atoms with Crippen LogP contribution in [0.2, 0.25) is 0 Å². The second-order valence-corrected chi connectivity index (χ2v) is 3.12. The van der Waals surface area contributed by atoms with Crippen LogP contribution in [0.15, 0.2) is 10.9 Å². The first-order valence-electron chi connectivity index (χ1n) is 4.20. The van der Waals surface area contributed by atoms with E-state index in [9.17, 15) is 4.79 Å². The van der Waals surface area contributed by atoms with Gasteiger partial charge >= 0.3 is 0 Å². The number of H-pyrrole nitrogens is 1. The van der Waals surface area contributed by atoms with Crippen LogP contribution in [0.3, 0.4) is 0 Å². The Balaban J connectivity index is 2.33. The lowest BCUT2D eigenvalue weighted by Gasteiger charge is -2.05. The van der Waals surface area contributed by atoms with Crippen molar-refractivity contribution >= 4 is 5.82 Å². The molecule has 0 spiro atoms. The van der Waals surface area contributed by atoms with Gasteiger partial charge in [-0.05, 0) is 6.42 Å². The summed E-state index contributed by atoms with van der Waals surface area (Å²) in [6, 6.07) is 1.28. The molecule has 1 aromatic rings. The molecular formula is C8H11N3O2. The van der Waals surface area contributed by atoms with Gasteiger partial charge in [0.1, 0.15) is 11.6 Å². The van der Waals surface area contributed by atoms with Crippen LogP contribution in [0.4, 0.5) is 5.82 Å². The van der Waals surface area contributed by atoms with Crippen LogP contribution < -0.4 is 11.3 Å². The Morgan fingerprint density at radius 1 is 1.69 bits per heavy atom. The molecule has 1 aliphatic heterocycles. The first-order chi connectivity index (χ1) is 6.25. The van der Waals surface area contributed by atoms with E-state index in [-0.39, 0.29) is 17.3 Å². The molecule has 0 radical (unpaired) electrons. The number of nitrogens with zero attached hydrogens (tertiary/aromatic N) is 1. The molecule has 3 N–H and O–H groups in total. The smallest absolute Gasteiger partial charge is 0.252 e. The lowest BCUT2D eigenvalue weighted by molar-refractivity contribution is 0.193. The molecule has 0 amide bonds. The molecule has 0 saturated carbocycles. The number of ether oxygens (including phenoxy) is 1. The number of aromatic amines is 1. The molecule has 13 heavy (non-hydrogen) atoms. The number of hydrogen-bond acceptors (Lipinski definition) is 4. The number of nitrogens with two attached hydrogens (primary N) is 1. The lowest BCUT2D eigenvalue weighted by atomic mass is 10.1. The highest BCUT2D eigenvalue weighted by Gasteiger charge is 2.20. The highest BCUT2D eigenvalue weighted by Crippen LogP contribution is 2.21. The van der Waals surface area contributed by atoms with Crippen molar-refractivity contribution in [3.8, 4) is 0 Å². The van der Waals surface area contributed by atoms with E-state index in [0.717, 1.165) is 13.0 Å². The average molecular weight is 181 g/mol. The van der Waals surface area contributed by atoms with Crippen molar-refractivity contribution in [2.45, 2.75) is 12.3 Å². The molecule has 70 valence electrons. The van der Waals surface area contributed by atoms with Crippen molar-refractivity contribution in [3.63, 3.8) is 0 Å². The highest BCUT2D eigenvalue weighted by atomic mass is 16.5. The van der Waals surface area contributed by atoms with E-state index in [0.29, 0.717) is 12.4 Å². The molecule has 2 rings (SSSR count). The summed E-state index contributed by atoms with van der Waals surface area (Å²) in [5, 5.41) is 0. The molecule has 0 bridgehead atoms. The molecule has 1 atom stereocenters. The van der Waals surface area contributed by atoms with Crippen LogP contribution in [0.25, 0.3) is 0 Å². The maximum absolute atomic E-state index is 11.1. The van der Waals surface area contributed by atoms with Gasteiger partial charge in [0.15, 0.2) is 0 Å². The number of nitrogen functional groups attached to an aromatic ring is 1. The molecular weight excluding hydrogens is 170 g/mol. The number of aromatic nitrogens is 2. The third-order valence-electron chi connectivity index (χ3n) is 2.10. The Bertz CT molecular complexity index is 355. The Hall–Kier alpha value is -1.36. The number of rotatable bonds is 1. The minimum Gasteiger partial charge on any atom is -0.383 e. The summed E-state index contributed by atoms with van der Waals surface area (Å²) in [5.74, 6) is 1.10. The van der Waals surface area contributed by atoms with Gasteiger partial charge in [0.25, 0.3) is 5.56 Å². The van der Waals surface area contributed by atoms with E-state index < -0.39 is 0 Å². The second-order valence-electron chi connectivity index (χ2n) is 3.12. The summed E-state index contributed by atoms with van der Waals surface area (Å²) in [5.41, 5.74) is 5.26. The van der Waals surface area contributed by atoms with Crippen molar-refractivity contribution in [2.75, 3.05) is 18.9 Å². The van der Waals surface area contributed by atoms with Gasteiger partial charge in [0.2, 0.25) is 0 Å². The van der Waals surface area contributed by atoms with Gasteiger partial charge in [-0.1, -0.05) is 0 Å². The molecule has 1 saturated heterocycles. The fourth-order valence-electron chi connectivity index (χ4n) is 1.44. The summed E-state index contributed by atoms with van der Waals surface area (Å²) < 4.78 is 5.19. The lowest BCUT2D eigenvalue weighted by Crippen LogP contribution is -2.15. The summed E-state index contributed by atoms with van der Waals surface area (Å²) in [4.78, 5) is 17.8. The summed E-state index contributed by atoms with van der Waals surface area (Å²) in [7, 11) is 0. The zero-order valence-corrected chi connectivity index (χ0v) is 7.12. The fourth-order valence-corrected chi connectivity index (χ4v) is 1.44. The monoisotopic (exact) mass is 181 g/mol. The van der Waals surface area contributed by atoms with Crippen molar-refractivity contribution in [1.29, 1.82) is 0 Å². The molecule has 2 heterocycles. The Morgan fingerprint density at radius 2 is 2.54 bits per heavy atom. The fraction of sp³-hybridized carbons (Fsp3) is 0.500. The van der Waals surface area contributed by atoms with Gasteiger partial charge in [-0.25, -0.2) is 4.98 Å². The van der Waals surface area contributed by atoms with E-state index in [2.05, 4.69) is 9.97 Å². The Morgan fingerprint density at radius 3 is 3.15 bits per heavy atom. The van der Waals surface area contributed by atoms with Crippen LogP contribution in [0, 0.1) is 0 Å². The van der Waals surface area contributed by atoms with Gasteiger partial charge in [-0.15, -0.1) is 0 Å². The van der Waals surface area contributed by atoms with Crippen molar-refractivity contribution in [2.24, 2.45) is 0 Å². The predicted octanol–water partition coefficient (Wildman–Crippen LogP) is -0.144. The van der Waals surface area contributed by atoms with E-state index in [1.54, 1.807) is 0 Å². The number of nitrogens with one attached hydrogen (secondary N) is 1. The zero-order valence-electron chi connectivity index (χ0n) is 7.12. The predicted molar refractivity (Wildman–Crippen MR) is 47.4 cm³/mol. The maximum atomic E-state index is 11.1. The van der Waals surface area contributed by atoms with E-state index in [1.807, 2.05) is 0 Å². The van der Waals surface area contributed by atoms with Crippen molar-refractivity contribution < 1.29 is 4.74 Å². The quantitative estimate of drug-likeness (QED) is 0.631. The molecule has 1 aliphatic rings. The molecule has 5 heteroatoms. The van der Waals surface area contributed by atoms with Crippen LogP contribution in [-0.4, -0.2) is 23.2 Å². The van der Waals surface area contributed by atoms with E-state index in [1.165, 1.54) is 6.07 Å². The molecule has 1 unspecified atom stereocenters. The summed E-state index contributed by atoms with van der Waals surface area (Å²) in [6.45, 7) is 1.34. The molecule has 1 fully saturated rings. The first-order valence-corrected chi connectivity index (χ1v) is 4.20. The third-order valence-corrected chi connectivity index (χ3v) is 2.10. The van der Waals surface area contributed by atoms with Crippen LogP contribution >= 0.6 is 0 Å². The second kappa shape index (κ2) is 3.18. The summed E-state index contributed by atoms with van der Waals surface area (Å²) in [6.07, 6.45) is 0.895. The molecule has 0 aliphatic carbocycles. The first kappa shape index (κ1) is 8.25. The Kier molecular flexibility index (Phi) is 2.02. The van der Waals surface area contributed by atoms with Gasteiger partial charge in [0, 0.05) is 18.6 Å². The van der Waals surface area contributed by atoms with Crippen LogP contribution in [0.1, 0.15) is 18.2 Å².